The lowest BCUT2D eigenvalue weighted by Gasteiger charge is -2.25. The van der Waals surface area contributed by atoms with Crippen LogP contribution in [0.25, 0.3) is 22.5 Å². The van der Waals surface area contributed by atoms with Crippen molar-refractivity contribution in [3.63, 3.8) is 0 Å². The van der Waals surface area contributed by atoms with Crippen LogP contribution in [0.15, 0.2) is 53.7 Å². The van der Waals surface area contributed by atoms with Crippen molar-refractivity contribution in [1.82, 2.24) is 20.1 Å². The second kappa shape index (κ2) is 10.6. The van der Waals surface area contributed by atoms with Crippen molar-refractivity contribution in [2.24, 2.45) is 0 Å². The van der Waals surface area contributed by atoms with Crippen LogP contribution in [-0.2, 0) is 0 Å². The lowest BCUT2D eigenvalue weighted by molar-refractivity contribution is 0.242. The standard InChI is InChI=1S/C24H28N4O2S/c1-29-20-10-6-18(7-11-20)22-23(19-8-12-21(30-2)13-9-19)26-27-24(25-22)31-17-16-28-14-4-3-5-15-28/h6-13H,3-5,14-17H2,1-2H3. The van der Waals surface area contributed by atoms with Crippen molar-refractivity contribution in [2.75, 3.05) is 39.6 Å². The van der Waals surface area contributed by atoms with E-state index in [1.165, 1.54) is 32.4 Å². The summed E-state index contributed by atoms with van der Waals surface area (Å²) in [7, 11) is 3.33. The van der Waals surface area contributed by atoms with Gasteiger partial charge in [-0.3, -0.25) is 0 Å². The quantitative estimate of drug-likeness (QED) is 0.470. The first-order valence-electron chi connectivity index (χ1n) is 10.7. The fraction of sp³-hybridized carbons (Fsp3) is 0.375. The van der Waals surface area contributed by atoms with Gasteiger partial charge < -0.3 is 14.4 Å². The van der Waals surface area contributed by atoms with Gasteiger partial charge in [0, 0.05) is 23.4 Å². The number of nitrogens with zero attached hydrogens (tertiary/aromatic N) is 4. The second-order valence-corrected chi connectivity index (χ2v) is 8.56. The zero-order valence-electron chi connectivity index (χ0n) is 18.1. The Kier molecular flexibility index (Phi) is 7.38. The molecule has 0 unspecified atom stereocenters. The Hall–Kier alpha value is -2.64. The molecule has 0 atom stereocenters. The molecule has 31 heavy (non-hydrogen) atoms. The number of rotatable bonds is 8. The summed E-state index contributed by atoms with van der Waals surface area (Å²) in [4.78, 5) is 7.43. The molecule has 1 aliphatic rings. The van der Waals surface area contributed by atoms with Crippen LogP contribution in [0.5, 0.6) is 11.5 Å². The molecule has 0 N–H and O–H groups in total. The number of thioether (sulfide) groups is 1. The van der Waals surface area contributed by atoms with Gasteiger partial charge in [-0.05, 0) is 74.5 Å². The highest BCUT2D eigenvalue weighted by molar-refractivity contribution is 7.99. The van der Waals surface area contributed by atoms with Crippen molar-refractivity contribution in [2.45, 2.75) is 24.4 Å². The molecular formula is C24H28N4O2S. The van der Waals surface area contributed by atoms with Gasteiger partial charge >= 0.3 is 0 Å². The third kappa shape index (κ3) is 5.54. The number of hydrogen-bond acceptors (Lipinski definition) is 7. The third-order valence-corrected chi connectivity index (χ3v) is 6.30. The fourth-order valence-electron chi connectivity index (χ4n) is 3.71. The van der Waals surface area contributed by atoms with Gasteiger partial charge in [-0.2, -0.15) is 0 Å². The molecule has 0 saturated carbocycles. The Balaban J connectivity index is 1.59. The van der Waals surface area contributed by atoms with Gasteiger partial charge in [-0.25, -0.2) is 4.98 Å². The average Bonchev–Trinajstić information content (AvgIpc) is 2.85. The highest BCUT2D eigenvalue weighted by Gasteiger charge is 2.15. The van der Waals surface area contributed by atoms with E-state index in [2.05, 4.69) is 15.1 Å². The summed E-state index contributed by atoms with van der Waals surface area (Å²) in [5.74, 6) is 2.58. The molecule has 2 heterocycles. The van der Waals surface area contributed by atoms with Crippen molar-refractivity contribution in [3.8, 4) is 34.0 Å². The number of hydrogen-bond donors (Lipinski definition) is 0. The van der Waals surface area contributed by atoms with Gasteiger partial charge in [0.15, 0.2) is 0 Å². The highest BCUT2D eigenvalue weighted by atomic mass is 32.2. The zero-order chi connectivity index (χ0) is 21.5. The van der Waals surface area contributed by atoms with Crippen LogP contribution in [0, 0.1) is 0 Å². The van der Waals surface area contributed by atoms with Gasteiger partial charge in [0.2, 0.25) is 5.16 Å². The predicted molar refractivity (Wildman–Crippen MR) is 125 cm³/mol. The first-order chi connectivity index (χ1) is 15.3. The summed E-state index contributed by atoms with van der Waals surface area (Å²) in [6, 6.07) is 15.7. The number of benzene rings is 2. The number of methoxy groups -OCH3 is 2. The van der Waals surface area contributed by atoms with E-state index in [1.807, 2.05) is 48.5 Å². The zero-order valence-corrected chi connectivity index (χ0v) is 18.9. The van der Waals surface area contributed by atoms with Crippen LogP contribution < -0.4 is 9.47 Å². The molecule has 7 heteroatoms. The van der Waals surface area contributed by atoms with E-state index in [0.717, 1.165) is 46.3 Å². The second-order valence-electron chi connectivity index (χ2n) is 7.50. The van der Waals surface area contributed by atoms with Gasteiger partial charge in [-0.1, -0.05) is 18.2 Å². The molecule has 1 fully saturated rings. The SMILES string of the molecule is COc1ccc(-c2nnc(SCCN3CCCCC3)nc2-c2ccc(OC)cc2)cc1. The molecule has 2 aromatic carbocycles. The van der Waals surface area contributed by atoms with E-state index in [-0.39, 0.29) is 0 Å². The molecule has 0 amide bonds. The molecular weight excluding hydrogens is 408 g/mol. The molecule has 4 rings (SSSR count). The molecule has 0 spiro atoms. The normalized spacial score (nSPS) is 14.4. The van der Waals surface area contributed by atoms with Crippen LogP contribution in [0.4, 0.5) is 0 Å². The van der Waals surface area contributed by atoms with Crippen molar-refractivity contribution in [1.29, 1.82) is 0 Å². The maximum atomic E-state index is 5.31. The van der Waals surface area contributed by atoms with Gasteiger partial charge in [0.25, 0.3) is 0 Å². The maximum Gasteiger partial charge on any atom is 0.209 e. The summed E-state index contributed by atoms with van der Waals surface area (Å²) in [5.41, 5.74) is 3.52. The van der Waals surface area contributed by atoms with Crippen LogP contribution in [0.2, 0.25) is 0 Å². The average molecular weight is 437 g/mol. The summed E-state index contributed by atoms with van der Waals surface area (Å²) in [6.45, 7) is 3.46. The minimum atomic E-state index is 0.708. The lowest BCUT2D eigenvalue weighted by atomic mass is 10.0. The summed E-state index contributed by atoms with van der Waals surface area (Å²) in [5, 5.41) is 9.71. The monoisotopic (exact) mass is 436 g/mol. The van der Waals surface area contributed by atoms with Gasteiger partial charge in [-0.15, -0.1) is 10.2 Å². The molecule has 1 aliphatic heterocycles. The van der Waals surface area contributed by atoms with Crippen LogP contribution in [-0.4, -0.2) is 59.7 Å². The summed E-state index contributed by atoms with van der Waals surface area (Å²) < 4.78 is 10.6. The van der Waals surface area contributed by atoms with E-state index in [1.54, 1.807) is 26.0 Å². The fourth-order valence-corrected chi connectivity index (χ4v) is 4.50. The molecule has 1 aromatic heterocycles. The van der Waals surface area contributed by atoms with E-state index in [0.29, 0.717) is 5.16 Å². The van der Waals surface area contributed by atoms with Crippen molar-refractivity contribution in [3.05, 3.63) is 48.5 Å². The van der Waals surface area contributed by atoms with E-state index in [9.17, 15) is 0 Å². The van der Waals surface area contributed by atoms with Crippen molar-refractivity contribution < 1.29 is 9.47 Å². The summed E-state index contributed by atoms with van der Waals surface area (Å²) >= 11 is 1.67. The predicted octanol–water partition coefficient (Wildman–Crippen LogP) is 4.80. The molecule has 0 bridgehead atoms. The number of likely N-dealkylation sites (tertiary alicyclic amines) is 1. The maximum absolute atomic E-state index is 5.31. The van der Waals surface area contributed by atoms with Crippen molar-refractivity contribution >= 4 is 11.8 Å². The van der Waals surface area contributed by atoms with Gasteiger partial charge in [0.05, 0.1) is 14.2 Å². The largest absolute Gasteiger partial charge is 0.497 e. The Bertz CT molecular complexity index is 974. The molecule has 0 aliphatic carbocycles. The lowest BCUT2D eigenvalue weighted by Crippen LogP contribution is -2.31. The number of piperidine rings is 1. The topological polar surface area (TPSA) is 60.4 Å². The van der Waals surface area contributed by atoms with Gasteiger partial charge in [0.1, 0.15) is 22.9 Å². The van der Waals surface area contributed by atoms with Crippen LogP contribution in [0.3, 0.4) is 0 Å². The van der Waals surface area contributed by atoms with E-state index >= 15 is 0 Å². The molecule has 6 nitrogen and oxygen atoms in total. The highest BCUT2D eigenvalue weighted by Crippen LogP contribution is 2.31. The number of ether oxygens (including phenoxy) is 2. The Labute approximate surface area is 188 Å². The minimum Gasteiger partial charge on any atom is -0.497 e. The molecule has 1 saturated heterocycles. The van der Waals surface area contributed by atoms with E-state index < -0.39 is 0 Å². The first kappa shape index (κ1) is 21.6. The Morgan fingerprint density at radius 3 is 1.94 bits per heavy atom. The smallest absolute Gasteiger partial charge is 0.209 e. The molecule has 0 radical (unpaired) electrons. The third-order valence-electron chi connectivity index (χ3n) is 5.48. The van der Waals surface area contributed by atoms with Crippen LogP contribution >= 0.6 is 11.8 Å². The minimum absolute atomic E-state index is 0.708. The molecule has 162 valence electrons. The molecule has 3 aromatic rings. The Morgan fingerprint density at radius 1 is 0.774 bits per heavy atom. The number of aromatic nitrogens is 3. The first-order valence-corrected chi connectivity index (χ1v) is 11.6. The summed E-state index contributed by atoms with van der Waals surface area (Å²) in [6.07, 6.45) is 3.97. The van der Waals surface area contributed by atoms with E-state index in [4.69, 9.17) is 14.5 Å². The van der Waals surface area contributed by atoms with Crippen LogP contribution in [0.1, 0.15) is 19.3 Å². The Morgan fingerprint density at radius 2 is 1.35 bits per heavy atom.